The molecule has 35 heavy (non-hydrogen) atoms. The van der Waals surface area contributed by atoms with Gasteiger partial charge in [0.25, 0.3) is 11.8 Å². The average Bonchev–Trinajstić information content (AvgIpc) is 2.83. The second-order valence-electron chi connectivity index (χ2n) is 6.90. The minimum absolute atomic E-state index is 0.0782. The number of methoxy groups -OCH3 is 2. The van der Waals surface area contributed by atoms with Crippen LogP contribution in [0.5, 0.6) is 23.0 Å². The van der Waals surface area contributed by atoms with Gasteiger partial charge in [-0.15, -0.1) is 13.2 Å². The monoisotopic (exact) mass is 490 g/mol. The number of carbonyl (C=O) groups excluding carboxylic acids is 2. The smallest absolute Gasteiger partial charge is 0.495 e. The zero-order chi connectivity index (χ0) is 25.4. The van der Waals surface area contributed by atoms with Crippen LogP contribution in [0.25, 0.3) is 0 Å². The molecule has 3 rings (SSSR count). The van der Waals surface area contributed by atoms with E-state index < -0.39 is 23.9 Å². The highest BCUT2D eigenvalue weighted by molar-refractivity contribution is 6.05. The molecule has 0 bridgehead atoms. The standard InChI is InChI=1S/C24H21F3N2O6/c1-32-18-9-5-3-7-16(18)28-22(30)14-34-20-12-11-15(13-21(20)33-2)23(31)29-17-8-4-6-10-19(17)35-24(25,26)27/h3-13H,14H2,1-2H3,(H,28,30)(H,29,31). The van der Waals surface area contributed by atoms with Crippen LogP contribution in [0.15, 0.2) is 66.7 Å². The Balaban J connectivity index is 1.67. The molecule has 0 radical (unpaired) electrons. The van der Waals surface area contributed by atoms with E-state index in [-0.39, 0.29) is 29.4 Å². The summed E-state index contributed by atoms with van der Waals surface area (Å²) >= 11 is 0. The van der Waals surface area contributed by atoms with Gasteiger partial charge >= 0.3 is 6.36 Å². The molecule has 0 aromatic heterocycles. The van der Waals surface area contributed by atoms with E-state index in [4.69, 9.17) is 14.2 Å². The Labute approximate surface area is 198 Å². The lowest BCUT2D eigenvalue weighted by atomic mass is 10.1. The highest BCUT2D eigenvalue weighted by atomic mass is 19.4. The van der Waals surface area contributed by atoms with Gasteiger partial charge in [-0.25, -0.2) is 0 Å². The van der Waals surface area contributed by atoms with Crippen molar-refractivity contribution >= 4 is 23.2 Å². The Bertz CT molecular complexity index is 1200. The molecule has 0 fully saturated rings. The summed E-state index contributed by atoms with van der Waals surface area (Å²) in [5, 5.41) is 5.03. The van der Waals surface area contributed by atoms with Gasteiger partial charge in [0.2, 0.25) is 0 Å². The summed E-state index contributed by atoms with van der Waals surface area (Å²) < 4.78 is 57.7. The van der Waals surface area contributed by atoms with E-state index in [0.29, 0.717) is 11.4 Å². The van der Waals surface area contributed by atoms with Crippen molar-refractivity contribution in [2.24, 2.45) is 0 Å². The molecule has 0 aliphatic carbocycles. The molecule has 8 nitrogen and oxygen atoms in total. The SMILES string of the molecule is COc1ccccc1NC(=O)COc1ccc(C(=O)Nc2ccccc2OC(F)(F)F)cc1OC. The highest BCUT2D eigenvalue weighted by Crippen LogP contribution is 2.32. The van der Waals surface area contributed by atoms with E-state index in [1.807, 2.05) is 0 Å². The number of ether oxygens (including phenoxy) is 4. The Morgan fingerprint density at radius 1 is 0.771 bits per heavy atom. The number of rotatable bonds is 9. The zero-order valence-electron chi connectivity index (χ0n) is 18.6. The summed E-state index contributed by atoms with van der Waals surface area (Å²) in [5.41, 5.74) is 0.383. The van der Waals surface area contributed by atoms with Gasteiger partial charge in [0.05, 0.1) is 25.6 Å². The second-order valence-corrected chi connectivity index (χ2v) is 6.90. The van der Waals surface area contributed by atoms with Gasteiger partial charge in [-0.05, 0) is 42.5 Å². The number of para-hydroxylation sites is 4. The Morgan fingerprint density at radius 3 is 2.00 bits per heavy atom. The summed E-state index contributed by atoms with van der Waals surface area (Å²) in [6.07, 6.45) is -4.92. The Kier molecular flexibility index (Phi) is 8.03. The molecule has 2 amide bonds. The summed E-state index contributed by atoms with van der Waals surface area (Å²) in [4.78, 5) is 24.9. The quantitative estimate of drug-likeness (QED) is 0.444. The van der Waals surface area contributed by atoms with Crippen LogP contribution in [-0.2, 0) is 4.79 Å². The molecular weight excluding hydrogens is 469 g/mol. The summed E-state index contributed by atoms with van der Waals surface area (Å²) in [6.45, 7) is -0.359. The molecule has 0 spiro atoms. The second kappa shape index (κ2) is 11.1. The normalized spacial score (nSPS) is 10.8. The van der Waals surface area contributed by atoms with Crippen LogP contribution in [0.2, 0.25) is 0 Å². The van der Waals surface area contributed by atoms with Gasteiger partial charge in [-0.3, -0.25) is 9.59 Å². The van der Waals surface area contributed by atoms with E-state index in [9.17, 15) is 22.8 Å². The first kappa shape index (κ1) is 25.2. The molecule has 0 saturated carbocycles. The predicted molar refractivity (Wildman–Crippen MR) is 121 cm³/mol. The van der Waals surface area contributed by atoms with Gasteiger partial charge in [0.15, 0.2) is 23.9 Å². The molecule has 0 atom stereocenters. The van der Waals surface area contributed by atoms with Crippen molar-refractivity contribution in [1.29, 1.82) is 0 Å². The number of nitrogens with one attached hydrogen (secondary N) is 2. The largest absolute Gasteiger partial charge is 0.573 e. The van der Waals surface area contributed by atoms with Gasteiger partial charge in [0.1, 0.15) is 5.75 Å². The Hall–Kier alpha value is -4.41. The third kappa shape index (κ3) is 7.03. The fourth-order valence-electron chi connectivity index (χ4n) is 2.98. The van der Waals surface area contributed by atoms with E-state index in [1.54, 1.807) is 24.3 Å². The van der Waals surface area contributed by atoms with E-state index in [0.717, 1.165) is 6.07 Å². The first-order valence-corrected chi connectivity index (χ1v) is 10.1. The molecule has 184 valence electrons. The minimum Gasteiger partial charge on any atom is -0.495 e. The number of anilines is 2. The van der Waals surface area contributed by atoms with Crippen LogP contribution < -0.4 is 29.6 Å². The fraction of sp³-hybridized carbons (Fsp3) is 0.167. The van der Waals surface area contributed by atoms with Crippen LogP contribution in [0.3, 0.4) is 0 Å². The predicted octanol–water partition coefficient (Wildman–Crippen LogP) is 4.87. The summed E-state index contributed by atoms with van der Waals surface area (Å²) in [5.74, 6) is -0.915. The van der Waals surface area contributed by atoms with Crippen molar-refractivity contribution < 1.29 is 41.7 Å². The molecule has 0 aliphatic heterocycles. The number of alkyl halides is 3. The first-order chi connectivity index (χ1) is 16.7. The van der Waals surface area contributed by atoms with Crippen molar-refractivity contribution in [1.82, 2.24) is 0 Å². The summed E-state index contributed by atoms with van der Waals surface area (Å²) in [6, 6.07) is 16.1. The maximum absolute atomic E-state index is 12.6. The molecule has 3 aromatic carbocycles. The number of hydrogen-bond donors (Lipinski definition) is 2. The van der Waals surface area contributed by atoms with Gasteiger partial charge in [0, 0.05) is 5.56 Å². The molecule has 0 unspecified atom stereocenters. The number of carbonyl (C=O) groups is 2. The third-order valence-corrected chi connectivity index (χ3v) is 4.53. The Morgan fingerprint density at radius 2 is 1.37 bits per heavy atom. The van der Waals surface area contributed by atoms with Gasteiger partial charge in [-0.1, -0.05) is 24.3 Å². The van der Waals surface area contributed by atoms with Crippen molar-refractivity contribution in [3.8, 4) is 23.0 Å². The number of amides is 2. The zero-order valence-corrected chi connectivity index (χ0v) is 18.6. The van der Waals surface area contributed by atoms with Crippen molar-refractivity contribution in [2.45, 2.75) is 6.36 Å². The van der Waals surface area contributed by atoms with Crippen LogP contribution in [-0.4, -0.2) is 39.0 Å². The third-order valence-electron chi connectivity index (χ3n) is 4.53. The van der Waals surface area contributed by atoms with Crippen LogP contribution >= 0.6 is 0 Å². The molecule has 0 saturated heterocycles. The molecule has 0 heterocycles. The van der Waals surface area contributed by atoms with Crippen molar-refractivity contribution in [3.05, 3.63) is 72.3 Å². The number of benzene rings is 3. The average molecular weight is 490 g/mol. The van der Waals surface area contributed by atoms with E-state index in [2.05, 4.69) is 15.4 Å². The lowest BCUT2D eigenvalue weighted by Gasteiger charge is -2.15. The minimum atomic E-state index is -4.92. The van der Waals surface area contributed by atoms with E-state index in [1.165, 1.54) is 50.6 Å². The lowest BCUT2D eigenvalue weighted by molar-refractivity contribution is -0.274. The maximum atomic E-state index is 12.6. The molecule has 0 aliphatic rings. The van der Waals surface area contributed by atoms with Crippen LogP contribution in [0.1, 0.15) is 10.4 Å². The molecule has 2 N–H and O–H groups in total. The van der Waals surface area contributed by atoms with Crippen LogP contribution in [0.4, 0.5) is 24.5 Å². The number of halogens is 3. The highest BCUT2D eigenvalue weighted by Gasteiger charge is 2.32. The molecular formula is C24H21F3N2O6. The van der Waals surface area contributed by atoms with Gasteiger partial charge in [-0.2, -0.15) is 0 Å². The first-order valence-electron chi connectivity index (χ1n) is 10.1. The molecule has 11 heteroatoms. The van der Waals surface area contributed by atoms with Crippen molar-refractivity contribution in [3.63, 3.8) is 0 Å². The van der Waals surface area contributed by atoms with Gasteiger partial charge < -0.3 is 29.6 Å². The number of hydrogen-bond acceptors (Lipinski definition) is 6. The molecule has 3 aromatic rings. The lowest BCUT2D eigenvalue weighted by Crippen LogP contribution is -2.21. The topological polar surface area (TPSA) is 95.1 Å². The van der Waals surface area contributed by atoms with Crippen LogP contribution in [0, 0.1) is 0 Å². The van der Waals surface area contributed by atoms with Crippen molar-refractivity contribution in [2.75, 3.05) is 31.5 Å². The fourth-order valence-corrected chi connectivity index (χ4v) is 2.98. The van der Waals surface area contributed by atoms with E-state index >= 15 is 0 Å². The summed E-state index contributed by atoms with van der Waals surface area (Å²) in [7, 11) is 2.82. The maximum Gasteiger partial charge on any atom is 0.573 e.